The van der Waals surface area contributed by atoms with Crippen LogP contribution in [0.4, 0.5) is 24.9 Å². The number of hydrogen-bond acceptors (Lipinski definition) is 6. The van der Waals surface area contributed by atoms with Gasteiger partial charge in [0.1, 0.15) is 5.82 Å². The average molecular weight is 338 g/mol. The van der Waals surface area contributed by atoms with Gasteiger partial charge in [-0.05, 0) is 6.42 Å². The molecule has 0 atom stereocenters. The number of rotatable bonds is 2. The Morgan fingerprint density at radius 1 is 1.18 bits per heavy atom. The lowest BCUT2D eigenvalue weighted by Gasteiger charge is -2.23. The van der Waals surface area contributed by atoms with Crippen molar-refractivity contribution in [1.29, 1.82) is 0 Å². The highest BCUT2D eigenvalue weighted by atomic mass is 32.2. The monoisotopic (exact) mass is 338 g/mol. The molecule has 1 fully saturated rings. The van der Waals surface area contributed by atoms with E-state index >= 15 is 0 Å². The number of anilines is 2. The summed E-state index contributed by atoms with van der Waals surface area (Å²) in [5.74, 6) is -0.0348. The van der Waals surface area contributed by atoms with Gasteiger partial charge in [-0.25, -0.2) is 13.4 Å². The topological polar surface area (TPSA) is 66.4 Å². The van der Waals surface area contributed by atoms with Crippen LogP contribution in [0.25, 0.3) is 0 Å². The molecule has 1 aromatic heterocycles. The van der Waals surface area contributed by atoms with Gasteiger partial charge in [-0.1, -0.05) is 0 Å². The van der Waals surface area contributed by atoms with Crippen molar-refractivity contribution >= 4 is 21.6 Å². The second-order valence-electron chi connectivity index (χ2n) is 5.30. The normalized spacial score (nSPS) is 18.9. The van der Waals surface area contributed by atoms with E-state index in [9.17, 15) is 21.6 Å². The Balaban J connectivity index is 2.39. The van der Waals surface area contributed by atoms with E-state index in [4.69, 9.17) is 0 Å². The van der Waals surface area contributed by atoms with Gasteiger partial charge >= 0.3 is 6.18 Å². The Morgan fingerprint density at radius 2 is 1.86 bits per heavy atom. The van der Waals surface area contributed by atoms with Crippen molar-refractivity contribution in [2.45, 2.75) is 12.6 Å². The molecule has 0 N–H and O–H groups in total. The van der Waals surface area contributed by atoms with E-state index in [1.54, 1.807) is 14.1 Å². The Bertz CT molecular complexity index is 646. The first-order valence-corrected chi connectivity index (χ1v) is 8.49. The van der Waals surface area contributed by atoms with Gasteiger partial charge in [0.05, 0.1) is 11.5 Å². The minimum Gasteiger partial charge on any atom is -0.363 e. The first-order chi connectivity index (χ1) is 10.1. The molecule has 0 amide bonds. The van der Waals surface area contributed by atoms with Crippen LogP contribution in [0.15, 0.2) is 6.07 Å². The van der Waals surface area contributed by atoms with Crippen molar-refractivity contribution in [3.63, 3.8) is 0 Å². The van der Waals surface area contributed by atoms with Crippen LogP contribution in [0.1, 0.15) is 12.1 Å². The van der Waals surface area contributed by atoms with Crippen LogP contribution < -0.4 is 9.80 Å². The van der Waals surface area contributed by atoms with Crippen LogP contribution in [0.2, 0.25) is 0 Å². The maximum atomic E-state index is 13.0. The Hall–Kier alpha value is -1.58. The van der Waals surface area contributed by atoms with E-state index in [-0.39, 0.29) is 29.8 Å². The molecule has 1 aliphatic rings. The zero-order valence-corrected chi connectivity index (χ0v) is 13.1. The molecule has 0 aliphatic carbocycles. The summed E-state index contributed by atoms with van der Waals surface area (Å²) in [6.45, 7) is 0.407. The molecule has 1 aliphatic heterocycles. The van der Waals surface area contributed by atoms with Crippen molar-refractivity contribution < 1.29 is 21.6 Å². The maximum absolute atomic E-state index is 13.0. The summed E-state index contributed by atoms with van der Waals surface area (Å²) in [6, 6.07) is 0.873. The van der Waals surface area contributed by atoms with Gasteiger partial charge < -0.3 is 9.80 Å². The van der Waals surface area contributed by atoms with Crippen molar-refractivity contribution in [2.24, 2.45) is 0 Å². The lowest BCUT2D eigenvalue weighted by atomic mass is 10.3. The van der Waals surface area contributed by atoms with E-state index in [1.165, 1.54) is 9.80 Å². The Morgan fingerprint density at radius 3 is 2.45 bits per heavy atom. The molecule has 10 heteroatoms. The van der Waals surface area contributed by atoms with E-state index in [1.807, 2.05) is 0 Å². The van der Waals surface area contributed by atoms with Crippen molar-refractivity contribution in [3.05, 3.63) is 11.8 Å². The summed E-state index contributed by atoms with van der Waals surface area (Å²) >= 11 is 0. The molecular formula is C12H17F3N4O2S. The van der Waals surface area contributed by atoms with Crippen LogP contribution in [-0.2, 0) is 16.0 Å². The van der Waals surface area contributed by atoms with Crippen molar-refractivity contribution in [3.8, 4) is 0 Å². The molecule has 0 aromatic carbocycles. The second-order valence-corrected chi connectivity index (χ2v) is 7.60. The summed E-state index contributed by atoms with van der Waals surface area (Å²) in [6.07, 6.45) is -4.24. The molecule has 124 valence electrons. The summed E-state index contributed by atoms with van der Waals surface area (Å²) in [7, 11) is 0.0100. The minimum absolute atomic E-state index is 0.0308. The first-order valence-electron chi connectivity index (χ1n) is 6.67. The molecule has 2 heterocycles. The van der Waals surface area contributed by atoms with Gasteiger partial charge in [0.25, 0.3) is 0 Å². The van der Waals surface area contributed by atoms with Crippen LogP contribution in [0.5, 0.6) is 0 Å². The van der Waals surface area contributed by atoms with Gasteiger partial charge in [-0.2, -0.15) is 18.2 Å². The molecular weight excluding hydrogens is 321 g/mol. The predicted octanol–water partition coefficient (Wildman–Crippen LogP) is 1.19. The highest BCUT2D eigenvalue weighted by Gasteiger charge is 2.34. The van der Waals surface area contributed by atoms with Crippen LogP contribution in [0.3, 0.4) is 0 Å². The van der Waals surface area contributed by atoms with Crippen molar-refractivity contribution in [1.82, 2.24) is 9.97 Å². The molecule has 0 radical (unpaired) electrons. The number of alkyl halides is 3. The van der Waals surface area contributed by atoms with E-state index in [0.29, 0.717) is 13.0 Å². The number of nitrogens with zero attached hydrogens (tertiary/aromatic N) is 4. The van der Waals surface area contributed by atoms with Gasteiger partial charge in [0.2, 0.25) is 5.95 Å². The van der Waals surface area contributed by atoms with Gasteiger partial charge in [0.15, 0.2) is 15.5 Å². The molecule has 0 spiro atoms. The second kappa shape index (κ2) is 5.90. The fourth-order valence-electron chi connectivity index (χ4n) is 2.08. The number of halogens is 3. The van der Waals surface area contributed by atoms with E-state index in [0.717, 1.165) is 6.07 Å². The molecule has 22 heavy (non-hydrogen) atoms. The van der Waals surface area contributed by atoms with E-state index in [2.05, 4.69) is 9.97 Å². The molecule has 0 unspecified atom stereocenters. The van der Waals surface area contributed by atoms with Crippen LogP contribution >= 0.6 is 0 Å². The highest BCUT2D eigenvalue weighted by molar-refractivity contribution is 7.91. The Labute approximate surface area is 126 Å². The lowest BCUT2D eigenvalue weighted by Crippen LogP contribution is -2.30. The third-order valence-corrected chi connectivity index (χ3v) is 5.00. The molecule has 2 rings (SSSR count). The first kappa shape index (κ1) is 16.8. The quantitative estimate of drug-likeness (QED) is 0.807. The molecule has 1 aromatic rings. The zero-order valence-electron chi connectivity index (χ0n) is 12.3. The third-order valence-electron chi connectivity index (χ3n) is 3.29. The zero-order chi connectivity index (χ0) is 16.5. The predicted molar refractivity (Wildman–Crippen MR) is 76.8 cm³/mol. The standard InChI is InChI=1S/C12H17F3N4O2S/c1-18(2)10-8-9(12(13,14)15)16-11(17-10)19-4-3-6-22(20,21)7-5-19/h8H,3-7H2,1-2H3. The molecule has 1 saturated heterocycles. The highest BCUT2D eigenvalue weighted by Crippen LogP contribution is 2.31. The summed E-state index contributed by atoms with van der Waals surface area (Å²) in [5, 5.41) is 0. The molecule has 0 bridgehead atoms. The number of sulfone groups is 1. The maximum Gasteiger partial charge on any atom is 0.433 e. The average Bonchev–Trinajstić information content (AvgIpc) is 2.58. The summed E-state index contributed by atoms with van der Waals surface area (Å²) in [4.78, 5) is 10.6. The summed E-state index contributed by atoms with van der Waals surface area (Å²) < 4.78 is 62.1. The van der Waals surface area contributed by atoms with Crippen LogP contribution in [0, 0.1) is 0 Å². The summed E-state index contributed by atoms with van der Waals surface area (Å²) in [5.41, 5.74) is -1.03. The molecule has 0 saturated carbocycles. The van der Waals surface area contributed by atoms with E-state index < -0.39 is 21.7 Å². The lowest BCUT2D eigenvalue weighted by molar-refractivity contribution is -0.141. The van der Waals surface area contributed by atoms with Crippen LogP contribution in [-0.4, -0.2) is 57.1 Å². The third kappa shape index (κ3) is 3.99. The van der Waals surface area contributed by atoms with Crippen molar-refractivity contribution in [2.75, 3.05) is 48.5 Å². The SMILES string of the molecule is CN(C)c1cc(C(F)(F)F)nc(N2CCCS(=O)(=O)CC2)n1. The van der Waals surface area contributed by atoms with Gasteiger partial charge in [0, 0.05) is 33.3 Å². The largest absolute Gasteiger partial charge is 0.433 e. The minimum atomic E-state index is -4.58. The number of hydrogen-bond donors (Lipinski definition) is 0. The fraction of sp³-hybridized carbons (Fsp3) is 0.667. The number of aromatic nitrogens is 2. The van der Waals surface area contributed by atoms with Gasteiger partial charge in [-0.3, -0.25) is 0 Å². The smallest absolute Gasteiger partial charge is 0.363 e. The Kier molecular flexibility index (Phi) is 4.50. The molecule has 6 nitrogen and oxygen atoms in total. The fourth-order valence-corrected chi connectivity index (χ4v) is 3.35. The van der Waals surface area contributed by atoms with Gasteiger partial charge in [-0.15, -0.1) is 0 Å².